The summed E-state index contributed by atoms with van der Waals surface area (Å²) in [5, 5.41) is 10.6. The normalized spacial score (nSPS) is 23.7. The van der Waals surface area contributed by atoms with Gasteiger partial charge in [-0.3, -0.25) is 4.90 Å². The predicted octanol–water partition coefficient (Wildman–Crippen LogP) is 3.44. The first-order valence-electron chi connectivity index (χ1n) is 8.97. The molecule has 3 unspecified atom stereocenters. The second kappa shape index (κ2) is 6.96. The fourth-order valence-corrected chi connectivity index (χ4v) is 3.26. The number of aliphatic hydroxyl groups excluding tert-OH is 1. The molecule has 3 atom stereocenters. The molecule has 0 bridgehead atoms. The molecule has 0 radical (unpaired) electrons. The summed E-state index contributed by atoms with van der Waals surface area (Å²) in [4.78, 5) is 2.50. The average Bonchev–Trinajstić information content (AvgIpc) is 3.53. The molecule has 0 aromatic heterocycles. The summed E-state index contributed by atoms with van der Waals surface area (Å²) in [5.74, 6) is 1.76. The molecule has 0 amide bonds. The van der Waals surface area contributed by atoms with Crippen LogP contribution < -0.4 is 4.74 Å². The van der Waals surface area contributed by atoms with Crippen LogP contribution in [0.5, 0.6) is 5.75 Å². The number of para-hydroxylation sites is 1. The van der Waals surface area contributed by atoms with E-state index in [0.717, 1.165) is 35.9 Å². The van der Waals surface area contributed by atoms with Crippen molar-refractivity contribution in [2.45, 2.75) is 31.4 Å². The SMILES string of the molecule is OC(Cc1ccccc1)c1ccccc1OCC1CN1CC1CC1. The third-order valence-electron chi connectivity index (χ3n) is 5.00. The van der Waals surface area contributed by atoms with Gasteiger partial charge in [0.15, 0.2) is 0 Å². The van der Waals surface area contributed by atoms with Crippen molar-refractivity contribution >= 4 is 0 Å². The van der Waals surface area contributed by atoms with E-state index >= 15 is 0 Å². The first kappa shape index (κ1) is 15.7. The first-order chi connectivity index (χ1) is 11.8. The second-order valence-corrected chi connectivity index (χ2v) is 7.11. The van der Waals surface area contributed by atoms with Crippen molar-refractivity contribution < 1.29 is 9.84 Å². The Bertz CT molecular complexity index is 669. The zero-order chi connectivity index (χ0) is 16.4. The van der Waals surface area contributed by atoms with Gasteiger partial charge in [0.2, 0.25) is 0 Å². The smallest absolute Gasteiger partial charge is 0.125 e. The maximum Gasteiger partial charge on any atom is 0.125 e. The Kier molecular flexibility index (Phi) is 4.54. The van der Waals surface area contributed by atoms with Gasteiger partial charge in [-0.25, -0.2) is 0 Å². The third-order valence-corrected chi connectivity index (χ3v) is 5.00. The molecule has 1 heterocycles. The molecule has 2 aliphatic rings. The van der Waals surface area contributed by atoms with Gasteiger partial charge < -0.3 is 9.84 Å². The zero-order valence-corrected chi connectivity index (χ0v) is 14.0. The molecular formula is C21H25NO2. The Morgan fingerprint density at radius 2 is 1.79 bits per heavy atom. The molecule has 3 nitrogen and oxygen atoms in total. The largest absolute Gasteiger partial charge is 0.492 e. The van der Waals surface area contributed by atoms with Crippen LogP contribution in [0.4, 0.5) is 0 Å². The highest BCUT2D eigenvalue weighted by molar-refractivity contribution is 5.36. The van der Waals surface area contributed by atoms with Crippen molar-refractivity contribution in [2.24, 2.45) is 5.92 Å². The van der Waals surface area contributed by atoms with Gasteiger partial charge in [0.25, 0.3) is 0 Å². The van der Waals surface area contributed by atoms with Crippen LogP contribution in [-0.4, -0.2) is 35.7 Å². The van der Waals surface area contributed by atoms with Crippen LogP contribution in [0.25, 0.3) is 0 Å². The van der Waals surface area contributed by atoms with E-state index in [2.05, 4.69) is 4.90 Å². The molecule has 1 N–H and O–H groups in total. The number of hydrogen-bond donors (Lipinski definition) is 1. The molecule has 2 aromatic carbocycles. The molecule has 2 aromatic rings. The van der Waals surface area contributed by atoms with E-state index in [1.165, 1.54) is 19.4 Å². The standard InChI is InChI=1S/C21H25NO2/c23-20(12-16-6-2-1-3-7-16)19-8-4-5-9-21(19)24-15-18-14-22(18)13-17-10-11-17/h1-9,17-18,20,23H,10-15H2. The molecule has 4 rings (SSSR count). The van der Waals surface area contributed by atoms with Crippen LogP contribution in [0, 0.1) is 5.92 Å². The van der Waals surface area contributed by atoms with Crippen molar-refractivity contribution in [1.82, 2.24) is 4.90 Å². The number of nitrogens with zero attached hydrogens (tertiary/aromatic N) is 1. The molecule has 1 aliphatic carbocycles. The van der Waals surface area contributed by atoms with Gasteiger partial charge in [0.1, 0.15) is 12.4 Å². The van der Waals surface area contributed by atoms with Crippen LogP contribution >= 0.6 is 0 Å². The number of hydrogen-bond acceptors (Lipinski definition) is 3. The summed E-state index contributed by atoms with van der Waals surface area (Å²) in [6, 6.07) is 18.5. The molecule has 1 saturated carbocycles. The maximum atomic E-state index is 10.6. The maximum absolute atomic E-state index is 10.6. The number of ether oxygens (including phenoxy) is 1. The molecule has 1 aliphatic heterocycles. The highest BCUT2D eigenvalue weighted by Gasteiger charge is 2.38. The first-order valence-corrected chi connectivity index (χ1v) is 8.97. The molecule has 126 valence electrons. The summed E-state index contributed by atoms with van der Waals surface area (Å²) >= 11 is 0. The Morgan fingerprint density at radius 3 is 2.58 bits per heavy atom. The van der Waals surface area contributed by atoms with Crippen LogP contribution in [0.3, 0.4) is 0 Å². The highest BCUT2D eigenvalue weighted by atomic mass is 16.5. The average molecular weight is 323 g/mol. The molecule has 1 saturated heterocycles. The van der Waals surface area contributed by atoms with E-state index in [4.69, 9.17) is 4.74 Å². The molecule has 24 heavy (non-hydrogen) atoms. The van der Waals surface area contributed by atoms with E-state index in [1.807, 2.05) is 54.6 Å². The van der Waals surface area contributed by atoms with Crippen LogP contribution in [-0.2, 0) is 6.42 Å². The van der Waals surface area contributed by atoms with Gasteiger partial charge in [-0.15, -0.1) is 0 Å². The minimum Gasteiger partial charge on any atom is -0.492 e. The third kappa shape index (κ3) is 3.97. The van der Waals surface area contributed by atoms with Gasteiger partial charge in [0, 0.05) is 25.1 Å². The summed E-state index contributed by atoms with van der Waals surface area (Å²) in [5.41, 5.74) is 2.02. The van der Waals surface area contributed by atoms with Crippen molar-refractivity contribution in [1.29, 1.82) is 0 Å². The second-order valence-electron chi connectivity index (χ2n) is 7.11. The van der Waals surface area contributed by atoms with E-state index in [-0.39, 0.29) is 0 Å². The van der Waals surface area contributed by atoms with Gasteiger partial charge in [-0.2, -0.15) is 0 Å². The van der Waals surface area contributed by atoms with Crippen LogP contribution in [0.2, 0.25) is 0 Å². The monoisotopic (exact) mass is 323 g/mol. The van der Waals surface area contributed by atoms with Gasteiger partial charge in [0.05, 0.1) is 12.1 Å². The van der Waals surface area contributed by atoms with Gasteiger partial charge in [-0.05, 0) is 30.4 Å². The number of rotatable bonds is 8. The molecule has 3 heteroatoms. The zero-order valence-electron chi connectivity index (χ0n) is 14.0. The minimum absolute atomic E-state index is 0.537. The van der Waals surface area contributed by atoms with Crippen LogP contribution in [0.1, 0.15) is 30.1 Å². The van der Waals surface area contributed by atoms with Gasteiger partial charge >= 0.3 is 0 Å². The van der Waals surface area contributed by atoms with Crippen LogP contribution in [0.15, 0.2) is 54.6 Å². The fraction of sp³-hybridized carbons (Fsp3) is 0.429. The van der Waals surface area contributed by atoms with Gasteiger partial charge in [-0.1, -0.05) is 48.5 Å². The Morgan fingerprint density at radius 1 is 1.04 bits per heavy atom. The van der Waals surface area contributed by atoms with Crippen molar-refractivity contribution in [2.75, 3.05) is 19.7 Å². The van der Waals surface area contributed by atoms with E-state index < -0.39 is 6.10 Å². The van der Waals surface area contributed by atoms with E-state index in [0.29, 0.717) is 12.5 Å². The minimum atomic E-state index is -0.537. The summed E-state index contributed by atoms with van der Waals surface area (Å²) in [6.45, 7) is 3.12. The molecule has 0 spiro atoms. The summed E-state index contributed by atoms with van der Waals surface area (Å²) < 4.78 is 6.05. The van der Waals surface area contributed by atoms with Crippen molar-refractivity contribution in [3.8, 4) is 5.75 Å². The number of benzene rings is 2. The van der Waals surface area contributed by atoms with E-state index in [9.17, 15) is 5.11 Å². The van der Waals surface area contributed by atoms with E-state index in [1.54, 1.807) is 0 Å². The molecular weight excluding hydrogens is 298 g/mol. The predicted molar refractivity (Wildman–Crippen MR) is 95.1 cm³/mol. The summed E-state index contributed by atoms with van der Waals surface area (Å²) in [6.07, 6.45) is 2.88. The van der Waals surface area contributed by atoms with Crippen molar-refractivity contribution in [3.63, 3.8) is 0 Å². The fourth-order valence-electron chi connectivity index (χ4n) is 3.26. The Hall–Kier alpha value is -1.84. The molecule has 2 fully saturated rings. The lowest BCUT2D eigenvalue weighted by Crippen LogP contribution is -2.14. The number of aliphatic hydroxyl groups is 1. The summed E-state index contributed by atoms with van der Waals surface area (Å²) in [7, 11) is 0. The quantitative estimate of drug-likeness (QED) is 0.755. The Labute approximate surface area is 143 Å². The Balaban J connectivity index is 1.35. The lowest BCUT2D eigenvalue weighted by molar-refractivity contribution is 0.171. The topological polar surface area (TPSA) is 32.5 Å². The van der Waals surface area contributed by atoms with Crippen molar-refractivity contribution in [3.05, 3.63) is 65.7 Å². The lowest BCUT2D eigenvalue weighted by Gasteiger charge is -2.16. The lowest BCUT2D eigenvalue weighted by atomic mass is 10.0. The highest BCUT2D eigenvalue weighted by Crippen LogP contribution is 2.34.